The quantitative estimate of drug-likeness (QED) is 0.130. The fourth-order valence-corrected chi connectivity index (χ4v) is 4.19. The van der Waals surface area contributed by atoms with Crippen molar-refractivity contribution < 1.29 is 9.59 Å². The normalized spacial score (nSPS) is 10.9. The molecule has 0 aromatic heterocycles. The van der Waals surface area contributed by atoms with E-state index in [0.717, 1.165) is 62.5 Å². The van der Waals surface area contributed by atoms with Gasteiger partial charge in [0.05, 0.1) is 5.92 Å². The maximum Gasteiger partial charge on any atom is 0.232 e. The predicted octanol–water partition coefficient (Wildman–Crippen LogP) is 5.45. The first-order valence-electron chi connectivity index (χ1n) is 13.0. The molecule has 3 N–H and O–H groups in total. The van der Waals surface area contributed by atoms with E-state index in [1.54, 1.807) is 0 Å². The van der Waals surface area contributed by atoms with Crippen molar-refractivity contribution in [2.75, 3.05) is 13.1 Å². The number of nitrogens with zero attached hydrogens (tertiary/aromatic N) is 1. The molecule has 0 spiro atoms. The Kier molecular flexibility index (Phi) is 13.2. The van der Waals surface area contributed by atoms with Crippen LogP contribution in [0.2, 0.25) is 0 Å². The predicted molar refractivity (Wildman–Crippen MR) is 143 cm³/mol. The summed E-state index contributed by atoms with van der Waals surface area (Å²) in [5, 5.41) is 14.7. The van der Waals surface area contributed by atoms with E-state index in [4.69, 9.17) is 5.41 Å². The lowest BCUT2D eigenvalue weighted by molar-refractivity contribution is -0.121. The fraction of sp³-hybridized carbons (Fsp3) is 0.483. The molecule has 0 fully saturated rings. The van der Waals surface area contributed by atoms with Gasteiger partial charge in [-0.15, -0.1) is 0 Å². The van der Waals surface area contributed by atoms with Crippen LogP contribution < -0.4 is 10.6 Å². The van der Waals surface area contributed by atoms with E-state index >= 15 is 0 Å². The van der Waals surface area contributed by atoms with E-state index in [1.807, 2.05) is 60.7 Å². The molecular formula is C29H42N4O2. The van der Waals surface area contributed by atoms with Crippen molar-refractivity contribution in [2.24, 2.45) is 0 Å². The van der Waals surface area contributed by atoms with Gasteiger partial charge in [0.15, 0.2) is 5.96 Å². The van der Waals surface area contributed by atoms with E-state index in [2.05, 4.69) is 24.5 Å². The molecule has 0 aliphatic rings. The van der Waals surface area contributed by atoms with Crippen LogP contribution in [0.3, 0.4) is 0 Å². The van der Waals surface area contributed by atoms with Crippen LogP contribution in [-0.4, -0.2) is 42.3 Å². The molecule has 0 saturated heterocycles. The summed E-state index contributed by atoms with van der Waals surface area (Å²) in [6.45, 7) is 5.32. The average molecular weight is 479 g/mol. The zero-order valence-corrected chi connectivity index (χ0v) is 21.3. The summed E-state index contributed by atoms with van der Waals surface area (Å²) in [5.41, 5.74) is 1.92. The Morgan fingerprint density at radius 2 is 1.43 bits per heavy atom. The summed E-state index contributed by atoms with van der Waals surface area (Å²) in [7, 11) is 0. The smallest absolute Gasteiger partial charge is 0.232 e. The van der Waals surface area contributed by atoms with Crippen molar-refractivity contribution >= 4 is 18.3 Å². The first kappa shape index (κ1) is 28.1. The maximum absolute atomic E-state index is 13.1. The van der Waals surface area contributed by atoms with Crippen molar-refractivity contribution in [2.45, 2.75) is 77.2 Å². The molecule has 0 unspecified atom stereocenters. The molecule has 2 aromatic rings. The van der Waals surface area contributed by atoms with Crippen LogP contribution >= 0.6 is 0 Å². The summed E-state index contributed by atoms with van der Waals surface area (Å²) in [6.07, 6.45) is 8.67. The van der Waals surface area contributed by atoms with Gasteiger partial charge in [0.2, 0.25) is 12.3 Å². The van der Waals surface area contributed by atoms with Crippen LogP contribution in [-0.2, 0) is 9.59 Å². The minimum absolute atomic E-state index is 0.0289. The van der Waals surface area contributed by atoms with Crippen molar-refractivity contribution in [1.82, 2.24) is 15.5 Å². The van der Waals surface area contributed by atoms with E-state index < -0.39 is 0 Å². The van der Waals surface area contributed by atoms with Gasteiger partial charge in [0, 0.05) is 19.1 Å². The van der Waals surface area contributed by atoms with Gasteiger partial charge >= 0.3 is 0 Å². The van der Waals surface area contributed by atoms with Gasteiger partial charge in [-0.1, -0.05) is 100 Å². The Morgan fingerprint density at radius 1 is 0.886 bits per heavy atom. The molecule has 0 aliphatic carbocycles. The lowest BCUT2D eigenvalue weighted by Gasteiger charge is -2.25. The van der Waals surface area contributed by atoms with E-state index in [9.17, 15) is 9.59 Å². The third-order valence-corrected chi connectivity index (χ3v) is 6.22. The van der Waals surface area contributed by atoms with Gasteiger partial charge in [-0.05, 0) is 36.8 Å². The molecule has 0 heterocycles. The Labute approximate surface area is 211 Å². The van der Waals surface area contributed by atoms with Gasteiger partial charge < -0.3 is 10.6 Å². The number of rotatable bonds is 16. The largest absolute Gasteiger partial charge is 0.355 e. The third-order valence-electron chi connectivity index (χ3n) is 6.22. The second-order valence-corrected chi connectivity index (χ2v) is 9.03. The minimum atomic E-state index is -0.357. The molecule has 0 saturated carbocycles. The molecule has 6 heteroatoms. The van der Waals surface area contributed by atoms with Crippen molar-refractivity contribution in [1.29, 1.82) is 5.41 Å². The van der Waals surface area contributed by atoms with E-state index in [-0.39, 0.29) is 23.8 Å². The highest BCUT2D eigenvalue weighted by Gasteiger charge is 2.22. The molecule has 6 nitrogen and oxygen atoms in total. The van der Waals surface area contributed by atoms with Crippen molar-refractivity contribution in [3.8, 4) is 0 Å². The maximum atomic E-state index is 13.1. The summed E-state index contributed by atoms with van der Waals surface area (Å²) in [6, 6.07) is 19.8. The number of carbonyl (C=O) groups is 2. The van der Waals surface area contributed by atoms with Gasteiger partial charge in [0.25, 0.3) is 0 Å². The van der Waals surface area contributed by atoms with E-state index in [0.29, 0.717) is 19.5 Å². The molecular weight excluding hydrogens is 436 g/mol. The van der Waals surface area contributed by atoms with Gasteiger partial charge in [-0.2, -0.15) is 0 Å². The average Bonchev–Trinajstić information content (AvgIpc) is 2.89. The topological polar surface area (TPSA) is 85.3 Å². The Morgan fingerprint density at radius 3 is 1.91 bits per heavy atom. The molecule has 0 atom stereocenters. The van der Waals surface area contributed by atoms with Crippen LogP contribution in [0.5, 0.6) is 0 Å². The molecule has 2 amide bonds. The molecule has 2 rings (SSSR count). The van der Waals surface area contributed by atoms with Gasteiger partial charge in [-0.25, -0.2) is 0 Å². The molecule has 35 heavy (non-hydrogen) atoms. The monoisotopic (exact) mass is 478 g/mol. The highest BCUT2D eigenvalue weighted by Crippen LogP contribution is 2.24. The Balaban J connectivity index is 1.83. The minimum Gasteiger partial charge on any atom is -0.355 e. The zero-order valence-electron chi connectivity index (χ0n) is 21.3. The first-order chi connectivity index (χ1) is 17.1. The Bertz CT molecular complexity index is 825. The lowest BCUT2D eigenvalue weighted by Crippen LogP contribution is -2.45. The van der Waals surface area contributed by atoms with Crippen molar-refractivity contribution in [3.05, 3.63) is 71.8 Å². The molecule has 190 valence electrons. The number of amides is 2. The van der Waals surface area contributed by atoms with Crippen LogP contribution in [0.4, 0.5) is 0 Å². The number of carbonyl (C=O) groups excluding carboxylic acids is 2. The highest BCUT2D eigenvalue weighted by molar-refractivity contribution is 5.87. The second kappa shape index (κ2) is 16.5. The number of hydrogen-bond acceptors (Lipinski definition) is 3. The third kappa shape index (κ3) is 9.93. The highest BCUT2D eigenvalue weighted by atomic mass is 16.2. The lowest BCUT2D eigenvalue weighted by atomic mass is 9.90. The fourth-order valence-electron chi connectivity index (χ4n) is 4.19. The molecule has 0 radical (unpaired) electrons. The summed E-state index contributed by atoms with van der Waals surface area (Å²) < 4.78 is 0. The standard InChI is InChI=1S/C29H42N4O2/c1-3-5-19-26(20-6-4-2)32-29(30)33(23-34)22-14-13-21-31-28(35)27(24-15-9-7-10-16-24)25-17-11-8-12-18-25/h7-12,15-18,23,26-27H,3-6,13-14,19-22H2,1-2H3,(H2,30,32)(H,31,35). The zero-order chi connectivity index (χ0) is 25.3. The second-order valence-electron chi connectivity index (χ2n) is 9.03. The summed E-state index contributed by atoms with van der Waals surface area (Å²) in [4.78, 5) is 26.1. The van der Waals surface area contributed by atoms with Crippen molar-refractivity contribution in [3.63, 3.8) is 0 Å². The summed E-state index contributed by atoms with van der Waals surface area (Å²) >= 11 is 0. The van der Waals surface area contributed by atoms with Crippen LogP contribution in [0.25, 0.3) is 0 Å². The number of benzene rings is 2. The van der Waals surface area contributed by atoms with Gasteiger partial charge in [0.1, 0.15) is 0 Å². The van der Waals surface area contributed by atoms with Crippen LogP contribution in [0.15, 0.2) is 60.7 Å². The SMILES string of the molecule is CCCCC(CCCC)NC(=N)N(C=O)CCCCNC(=O)C(c1ccccc1)c1ccccc1. The van der Waals surface area contributed by atoms with Crippen LogP contribution in [0.1, 0.15) is 82.3 Å². The number of unbranched alkanes of at least 4 members (excludes halogenated alkanes) is 3. The van der Waals surface area contributed by atoms with Gasteiger partial charge in [-0.3, -0.25) is 19.9 Å². The van der Waals surface area contributed by atoms with E-state index in [1.165, 1.54) is 4.90 Å². The van der Waals surface area contributed by atoms with Crippen LogP contribution in [0, 0.1) is 5.41 Å². The first-order valence-corrected chi connectivity index (χ1v) is 13.0. The Hall–Kier alpha value is -3.15. The molecule has 0 aliphatic heterocycles. The number of hydrogen-bond donors (Lipinski definition) is 3. The molecule has 0 bridgehead atoms. The number of guanidine groups is 1. The number of nitrogens with one attached hydrogen (secondary N) is 3. The molecule has 2 aromatic carbocycles. The summed E-state index contributed by atoms with van der Waals surface area (Å²) in [5.74, 6) is -0.211.